The van der Waals surface area contributed by atoms with Crippen LogP contribution in [0.2, 0.25) is 5.15 Å². The molecule has 15 heavy (non-hydrogen) atoms. The van der Waals surface area contributed by atoms with Gasteiger partial charge in [0, 0.05) is 6.54 Å². The first kappa shape index (κ1) is 10.5. The fourth-order valence-corrected chi connectivity index (χ4v) is 1.90. The Hall–Kier alpha value is -1.03. The molecule has 0 unspecified atom stereocenters. The number of hydrogen-bond donors (Lipinski definition) is 2. The summed E-state index contributed by atoms with van der Waals surface area (Å²) < 4.78 is 0. The molecule has 0 spiro atoms. The summed E-state index contributed by atoms with van der Waals surface area (Å²) in [6.07, 6.45) is 5.26. The predicted molar refractivity (Wildman–Crippen MR) is 61.9 cm³/mol. The fourth-order valence-electron chi connectivity index (χ4n) is 1.77. The van der Waals surface area contributed by atoms with E-state index in [9.17, 15) is 0 Å². The van der Waals surface area contributed by atoms with Crippen LogP contribution in [0.15, 0.2) is 6.33 Å². The summed E-state index contributed by atoms with van der Waals surface area (Å²) in [5.74, 6) is 0.642. The van der Waals surface area contributed by atoms with Gasteiger partial charge in [-0.15, -0.1) is 0 Å². The van der Waals surface area contributed by atoms with Crippen LogP contribution < -0.4 is 11.1 Å². The normalized spacial score (nSPS) is 18.3. The minimum absolute atomic E-state index is 0.311. The molecule has 0 aromatic carbocycles. The Morgan fingerprint density at radius 1 is 1.53 bits per heavy atom. The molecule has 0 bridgehead atoms. The van der Waals surface area contributed by atoms with Crippen molar-refractivity contribution in [3.63, 3.8) is 0 Å². The van der Waals surface area contributed by atoms with Crippen molar-refractivity contribution < 1.29 is 0 Å². The van der Waals surface area contributed by atoms with E-state index in [1.54, 1.807) is 0 Å². The minimum Gasteiger partial charge on any atom is -0.393 e. The third-order valence-corrected chi connectivity index (χ3v) is 3.38. The molecule has 0 radical (unpaired) electrons. The fraction of sp³-hybridized carbons (Fsp3) is 0.600. The van der Waals surface area contributed by atoms with Crippen LogP contribution in [0.4, 0.5) is 11.5 Å². The number of aromatic nitrogens is 2. The number of halogens is 1. The van der Waals surface area contributed by atoms with Crippen LogP contribution in [0.1, 0.15) is 26.2 Å². The summed E-state index contributed by atoms with van der Waals surface area (Å²) in [5.41, 5.74) is 6.58. The molecule has 4 nitrogen and oxygen atoms in total. The topological polar surface area (TPSA) is 63.8 Å². The van der Waals surface area contributed by atoms with E-state index < -0.39 is 0 Å². The van der Waals surface area contributed by atoms with Gasteiger partial charge in [0.15, 0.2) is 11.0 Å². The van der Waals surface area contributed by atoms with E-state index in [1.165, 1.54) is 25.6 Å². The first-order chi connectivity index (χ1) is 7.11. The van der Waals surface area contributed by atoms with E-state index in [0.717, 1.165) is 6.54 Å². The van der Waals surface area contributed by atoms with Gasteiger partial charge in [-0.25, -0.2) is 9.97 Å². The molecule has 1 heterocycles. The van der Waals surface area contributed by atoms with E-state index in [2.05, 4.69) is 22.2 Å². The molecule has 1 aliphatic rings. The lowest BCUT2D eigenvalue weighted by molar-refractivity contribution is 0.180. The van der Waals surface area contributed by atoms with Crippen LogP contribution in [-0.2, 0) is 0 Å². The number of nitrogens with two attached hydrogens (primary N) is 1. The molecule has 1 fully saturated rings. The minimum atomic E-state index is 0.311. The van der Waals surface area contributed by atoms with Gasteiger partial charge in [0.25, 0.3) is 0 Å². The van der Waals surface area contributed by atoms with Gasteiger partial charge >= 0.3 is 0 Å². The zero-order valence-electron chi connectivity index (χ0n) is 8.76. The average Bonchev–Trinajstić information content (AvgIpc) is 2.17. The van der Waals surface area contributed by atoms with Gasteiger partial charge in [0.2, 0.25) is 0 Å². The highest BCUT2D eigenvalue weighted by atomic mass is 35.5. The zero-order valence-corrected chi connectivity index (χ0v) is 9.51. The first-order valence-corrected chi connectivity index (χ1v) is 5.48. The Balaban J connectivity index is 2.01. The highest BCUT2D eigenvalue weighted by molar-refractivity contribution is 6.32. The maximum absolute atomic E-state index is 5.80. The van der Waals surface area contributed by atoms with Crippen LogP contribution in [0.3, 0.4) is 0 Å². The maximum Gasteiger partial charge on any atom is 0.157 e. The number of nitrogens with zero attached hydrogens (tertiary/aromatic N) is 2. The van der Waals surface area contributed by atoms with E-state index in [0.29, 0.717) is 22.1 Å². The number of nitrogens with one attached hydrogen (secondary N) is 1. The van der Waals surface area contributed by atoms with Crippen molar-refractivity contribution in [1.29, 1.82) is 0 Å². The largest absolute Gasteiger partial charge is 0.393 e. The Bertz CT molecular complexity index is 362. The Kier molecular flexibility index (Phi) is 2.69. The molecular weight excluding hydrogens is 212 g/mol. The summed E-state index contributed by atoms with van der Waals surface area (Å²) in [5, 5.41) is 3.55. The van der Waals surface area contributed by atoms with E-state index in [4.69, 9.17) is 17.3 Å². The van der Waals surface area contributed by atoms with Crippen molar-refractivity contribution in [3.8, 4) is 0 Å². The van der Waals surface area contributed by atoms with Gasteiger partial charge in [-0.05, 0) is 18.3 Å². The smallest absolute Gasteiger partial charge is 0.157 e. The molecule has 1 aromatic rings. The molecule has 1 saturated carbocycles. The summed E-state index contributed by atoms with van der Waals surface area (Å²) in [7, 11) is 0. The number of hydrogen-bond acceptors (Lipinski definition) is 4. The first-order valence-electron chi connectivity index (χ1n) is 5.11. The summed E-state index contributed by atoms with van der Waals surface area (Å²) in [4.78, 5) is 7.88. The molecule has 82 valence electrons. The van der Waals surface area contributed by atoms with E-state index in [-0.39, 0.29) is 0 Å². The molecule has 1 aromatic heterocycles. The molecule has 3 N–H and O–H groups in total. The van der Waals surface area contributed by atoms with Crippen LogP contribution in [0, 0.1) is 5.41 Å². The van der Waals surface area contributed by atoms with Crippen molar-refractivity contribution in [2.75, 3.05) is 17.6 Å². The lowest BCUT2D eigenvalue weighted by atomic mass is 9.70. The third-order valence-electron chi connectivity index (χ3n) is 3.08. The highest BCUT2D eigenvalue weighted by Crippen LogP contribution is 2.40. The second kappa shape index (κ2) is 3.85. The predicted octanol–water partition coefficient (Wildman–Crippen LogP) is 2.31. The quantitative estimate of drug-likeness (QED) is 0.777. The molecule has 1 aliphatic carbocycles. The molecule has 5 heteroatoms. The zero-order chi connectivity index (χ0) is 10.9. The number of rotatable bonds is 3. The lowest BCUT2D eigenvalue weighted by Crippen LogP contribution is -2.33. The third kappa shape index (κ3) is 2.15. The molecule has 0 amide bonds. The van der Waals surface area contributed by atoms with Gasteiger partial charge in [-0.2, -0.15) is 0 Å². The molecule has 2 rings (SSSR count). The Morgan fingerprint density at radius 3 is 2.87 bits per heavy atom. The van der Waals surface area contributed by atoms with Gasteiger partial charge in [0.1, 0.15) is 12.0 Å². The van der Waals surface area contributed by atoms with Gasteiger partial charge in [-0.3, -0.25) is 0 Å². The average molecular weight is 227 g/mol. The monoisotopic (exact) mass is 226 g/mol. The number of anilines is 2. The molecule has 0 atom stereocenters. The van der Waals surface area contributed by atoms with Crippen molar-refractivity contribution in [2.45, 2.75) is 26.2 Å². The van der Waals surface area contributed by atoms with Crippen molar-refractivity contribution in [3.05, 3.63) is 11.5 Å². The van der Waals surface area contributed by atoms with Crippen LogP contribution in [-0.4, -0.2) is 16.5 Å². The highest BCUT2D eigenvalue weighted by Gasteiger charge is 2.31. The van der Waals surface area contributed by atoms with Crippen molar-refractivity contribution in [1.82, 2.24) is 9.97 Å². The van der Waals surface area contributed by atoms with Crippen molar-refractivity contribution >= 4 is 23.1 Å². The lowest BCUT2D eigenvalue weighted by Gasteiger charge is -2.38. The number of nitrogen functional groups attached to an aromatic ring is 1. The van der Waals surface area contributed by atoms with Crippen LogP contribution >= 0.6 is 11.6 Å². The van der Waals surface area contributed by atoms with E-state index >= 15 is 0 Å². The SMILES string of the molecule is CC1(CNc2ncnc(Cl)c2N)CCC1. The Labute approximate surface area is 94.2 Å². The molecule has 0 saturated heterocycles. The summed E-state index contributed by atoms with van der Waals surface area (Å²) in [6, 6.07) is 0. The molecule has 0 aliphatic heterocycles. The Morgan fingerprint density at radius 2 is 2.27 bits per heavy atom. The van der Waals surface area contributed by atoms with Gasteiger partial charge in [-0.1, -0.05) is 24.9 Å². The van der Waals surface area contributed by atoms with Gasteiger partial charge < -0.3 is 11.1 Å². The van der Waals surface area contributed by atoms with Crippen molar-refractivity contribution in [2.24, 2.45) is 5.41 Å². The summed E-state index contributed by atoms with van der Waals surface area (Å²) >= 11 is 5.80. The van der Waals surface area contributed by atoms with E-state index in [1.807, 2.05) is 0 Å². The van der Waals surface area contributed by atoms with Crippen LogP contribution in [0.5, 0.6) is 0 Å². The second-order valence-electron chi connectivity index (χ2n) is 4.44. The maximum atomic E-state index is 5.80. The standard InChI is InChI=1S/C10H15ClN4/c1-10(3-2-4-10)5-13-9-7(12)8(11)14-6-15-9/h6H,2-5,12H2,1H3,(H,13,14,15). The van der Waals surface area contributed by atoms with Crippen LogP contribution in [0.25, 0.3) is 0 Å². The summed E-state index contributed by atoms with van der Waals surface area (Å²) in [6.45, 7) is 3.16. The van der Waals surface area contributed by atoms with Gasteiger partial charge in [0.05, 0.1) is 0 Å². The molecular formula is C10H15ClN4. The second-order valence-corrected chi connectivity index (χ2v) is 4.80.